The van der Waals surface area contributed by atoms with E-state index in [1.54, 1.807) is 19.3 Å². The maximum Gasteiger partial charge on any atom is 0.336 e. The minimum atomic E-state index is -0.413. The predicted molar refractivity (Wildman–Crippen MR) is 83.6 cm³/mol. The summed E-state index contributed by atoms with van der Waals surface area (Å²) in [5.41, 5.74) is 3.09. The molecule has 21 heavy (non-hydrogen) atoms. The smallest absolute Gasteiger partial charge is 0.336 e. The fraction of sp³-hybridized carbons (Fsp3) is 0.167. The summed E-state index contributed by atoms with van der Waals surface area (Å²) in [6.07, 6.45) is 3.08. The highest BCUT2D eigenvalue weighted by Crippen LogP contribution is 2.19. The van der Waals surface area contributed by atoms with Gasteiger partial charge in [0.25, 0.3) is 0 Å². The fourth-order valence-electron chi connectivity index (χ4n) is 1.89. The first-order valence-electron chi connectivity index (χ1n) is 6.70. The van der Waals surface area contributed by atoms with Crippen LogP contribution in [0.4, 0.5) is 0 Å². The zero-order valence-electron chi connectivity index (χ0n) is 12.4. The molecule has 0 aliphatic heterocycles. The second-order valence-electron chi connectivity index (χ2n) is 4.74. The maximum absolute atomic E-state index is 11.8. The molecular weight excluding hydrogens is 264 g/mol. The van der Waals surface area contributed by atoms with E-state index in [1.807, 2.05) is 50.2 Å². The molecule has 0 amide bonds. The number of rotatable bonds is 4. The third-order valence-electron chi connectivity index (χ3n) is 3.23. The van der Waals surface area contributed by atoms with Crippen LogP contribution in [0.25, 0.3) is 6.08 Å². The van der Waals surface area contributed by atoms with Crippen molar-refractivity contribution in [3.63, 3.8) is 0 Å². The highest BCUT2D eigenvalue weighted by molar-refractivity contribution is 5.89. The lowest BCUT2D eigenvalue weighted by molar-refractivity contribution is -0.128. The molecule has 0 aliphatic rings. The highest BCUT2D eigenvalue weighted by Gasteiger charge is 2.03. The lowest BCUT2D eigenvalue weighted by Gasteiger charge is -2.05. The fourth-order valence-corrected chi connectivity index (χ4v) is 1.89. The van der Waals surface area contributed by atoms with Crippen molar-refractivity contribution in [1.29, 1.82) is 0 Å². The van der Waals surface area contributed by atoms with Crippen LogP contribution in [-0.2, 0) is 4.79 Å². The monoisotopic (exact) mass is 282 g/mol. The van der Waals surface area contributed by atoms with Gasteiger partial charge in [-0.2, -0.15) is 0 Å². The van der Waals surface area contributed by atoms with Gasteiger partial charge in [0.05, 0.1) is 7.11 Å². The Morgan fingerprint density at radius 2 is 1.81 bits per heavy atom. The van der Waals surface area contributed by atoms with Gasteiger partial charge in [0.2, 0.25) is 0 Å². The Kier molecular flexibility index (Phi) is 4.77. The largest absolute Gasteiger partial charge is 0.496 e. The Labute approximate surface area is 124 Å². The Hall–Kier alpha value is -2.55. The van der Waals surface area contributed by atoms with E-state index < -0.39 is 5.97 Å². The summed E-state index contributed by atoms with van der Waals surface area (Å²) in [7, 11) is 1.60. The average molecular weight is 282 g/mol. The number of benzene rings is 2. The molecule has 108 valence electrons. The number of ether oxygens (including phenoxy) is 2. The second-order valence-corrected chi connectivity index (χ2v) is 4.74. The summed E-state index contributed by atoms with van der Waals surface area (Å²) in [6.45, 7) is 4.00. The third-order valence-corrected chi connectivity index (χ3v) is 3.23. The van der Waals surface area contributed by atoms with Crippen molar-refractivity contribution >= 4 is 12.0 Å². The molecule has 2 aromatic carbocycles. The van der Waals surface area contributed by atoms with Gasteiger partial charge in [0, 0.05) is 11.6 Å². The number of carbonyl (C=O) groups excluding carboxylic acids is 1. The van der Waals surface area contributed by atoms with Crippen LogP contribution in [-0.4, -0.2) is 13.1 Å². The normalized spacial score (nSPS) is 10.6. The van der Waals surface area contributed by atoms with Crippen LogP contribution in [0.1, 0.15) is 16.7 Å². The van der Waals surface area contributed by atoms with Gasteiger partial charge in [0.15, 0.2) is 0 Å². The molecule has 3 heteroatoms. The SMILES string of the molecule is COc1ccccc1/C=C/C(=O)Oc1ccc(C)c(C)c1. The Balaban J connectivity index is 2.07. The second kappa shape index (κ2) is 6.75. The molecule has 0 bridgehead atoms. The summed E-state index contributed by atoms with van der Waals surface area (Å²) in [5, 5.41) is 0. The molecule has 0 saturated heterocycles. The topological polar surface area (TPSA) is 35.5 Å². The van der Waals surface area contributed by atoms with Gasteiger partial charge in [-0.3, -0.25) is 0 Å². The maximum atomic E-state index is 11.8. The van der Waals surface area contributed by atoms with Gasteiger partial charge in [0.1, 0.15) is 11.5 Å². The summed E-state index contributed by atoms with van der Waals surface area (Å²) in [5.74, 6) is 0.852. The molecular formula is C18H18O3. The summed E-state index contributed by atoms with van der Waals surface area (Å²) < 4.78 is 10.5. The molecule has 0 saturated carbocycles. The number of hydrogen-bond donors (Lipinski definition) is 0. The first-order chi connectivity index (χ1) is 10.1. The first kappa shape index (κ1) is 14.9. The third kappa shape index (κ3) is 3.96. The number of para-hydroxylation sites is 1. The van der Waals surface area contributed by atoms with Crippen LogP contribution in [0.2, 0.25) is 0 Å². The summed E-state index contributed by atoms with van der Waals surface area (Å²) in [6, 6.07) is 13.1. The van der Waals surface area contributed by atoms with Crippen LogP contribution >= 0.6 is 0 Å². The first-order valence-corrected chi connectivity index (χ1v) is 6.70. The molecule has 0 unspecified atom stereocenters. The van der Waals surface area contributed by atoms with E-state index in [9.17, 15) is 4.79 Å². The average Bonchev–Trinajstić information content (AvgIpc) is 2.49. The number of aryl methyl sites for hydroxylation is 2. The zero-order chi connectivity index (χ0) is 15.2. The lowest BCUT2D eigenvalue weighted by atomic mass is 10.1. The predicted octanol–water partition coefficient (Wildman–Crippen LogP) is 3.93. The summed E-state index contributed by atoms with van der Waals surface area (Å²) >= 11 is 0. The van der Waals surface area contributed by atoms with E-state index >= 15 is 0 Å². The van der Waals surface area contributed by atoms with Gasteiger partial charge in [-0.1, -0.05) is 24.3 Å². The Morgan fingerprint density at radius 1 is 1.05 bits per heavy atom. The molecule has 0 fully saturated rings. The molecule has 0 radical (unpaired) electrons. The van der Waals surface area contributed by atoms with Crippen molar-refractivity contribution in [3.05, 3.63) is 65.2 Å². The van der Waals surface area contributed by atoms with E-state index in [0.29, 0.717) is 11.5 Å². The quantitative estimate of drug-likeness (QED) is 0.484. The Bertz CT molecular complexity index is 672. The van der Waals surface area contributed by atoms with Gasteiger partial charge in [-0.05, 0) is 49.2 Å². The van der Waals surface area contributed by atoms with Gasteiger partial charge in [-0.15, -0.1) is 0 Å². The van der Waals surface area contributed by atoms with Crippen molar-refractivity contribution in [2.75, 3.05) is 7.11 Å². The molecule has 0 heterocycles. The Morgan fingerprint density at radius 3 is 2.52 bits per heavy atom. The minimum absolute atomic E-state index is 0.413. The van der Waals surface area contributed by atoms with Crippen LogP contribution < -0.4 is 9.47 Å². The molecule has 0 spiro atoms. The molecule has 0 aromatic heterocycles. The van der Waals surface area contributed by atoms with Crippen molar-refractivity contribution in [2.45, 2.75) is 13.8 Å². The van der Waals surface area contributed by atoms with Crippen LogP contribution in [0.15, 0.2) is 48.5 Å². The number of methoxy groups -OCH3 is 1. The molecule has 0 aliphatic carbocycles. The van der Waals surface area contributed by atoms with Crippen molar-refractivity contribution < 1.29 is 14.3 Å². The van der Waals surface area contributed by atoms with Crippen LogP contribution in [0, 0.1) is 13.8 Å². The standard InChI is InChI=1S/C18H18O3/c1-13-8-10-16(12-14(13)2)21-18(19)11-9-15-6-4-5-7-17(15)20-3/h4-12H,1-3H3/b11-9+. The van der Waals surface area contributed by atoms with E-state index in [2.05, 4.69) is 0 Å². The van der Waals surface area contributed by atoms with Crippen molar-refractivity contribution in [1.82, 2.24) is 0 Å². The number of esters is 1. The van der Waals surface area contributed by atoms with Crippen LogP contribution in [0.3, 0.4) is 0 Å². The molecule has 2 aromatic rings. The zero-order valence-corrected chi connectivity index (χ0v) is 12.4. The van der Waals surface area contributed by atoms with E-state index in [0.717, 1.165) is 11.1 Å². The highest BCUT2D eigenvalue weighted by atomic mass is 16.5. The number of hydrogen-bond acceptors (Lipinski definition) is 3. The van der Waals surface area contributed by atoms with Gasteiger partial charge < -0.3 is 9.47 Å². The van der Waals surface area contributed by atoms with E-state index in [1.165, 1.54) is 11.6 Å². The lowest BCUT2D eigenvalue weighted by Crippen LogP contribution is -2.04. The molecule has 2 rings (SSSR count). The van der Waals surface area contributed by atoms with Gasteiger partial charge >= 0.3 is 5.97 Å². The molecule has 0 N–H and O–H groups in total. The van der Waals surface area contributed by atoms with Crippen molar-refractivity contribution in [2.24, 2.45) is 0 Å². The van der Waals surface area contributed by atoms with Crippen LogP contribution in [0.5, 0.6) is 11.5 Å². The van der Waals surface area contributed by atoms with E-state index in [-0.39, 0.29) is 0 Å². The van der Waals surface area contributed by atoms with E-state index in [4.69, 9.17) is 9.47 Å². The van der Waals surface area contributed by atoms with Gasteiger partial charge in [-0.25, -0.2) is 4.79 Å². The molecule has 0 atom stereocenters. The summed E-state index contributed by atoms with van der Waals surface area (Å²) in [4.78, 5) is 11.8. The van der Waals surface area contributed by atoms with Crippen molar-refractivity contribution in [3.8, 4) is 11.5 Å². The number of carbonyl (C=O) groups is 1. The minimum Gasteiger partial charge on any atom is -0.496 e. The molecule has 3 nitrogen and oxygen atoms in total.